The van der Waals surface area contributed by atoms with Gasteiger partial charge in [0.15, 0.2) is 5.16 Å². The summed E-state index contributed by atoms with van der Waals surface area (Å²) in [4.78, 5) is 43.6. The Kier molecular flexibility index (Phi) is 7.87. The molecule has 0 saturated carbocycles. The van der Waals surface area contributed by atoms with Gasteiger partial charge >= 0.3 is 5.97 Å². The number of esters is 1. The number of aromatic nitrogens is 2. The number of amides is 1. The van der Waals surface area contributed by atoms with Crippen molar-refractivity contribution in [2.45, 2.75) is 38.9 Å². The fourth-order valence-electron chi connectivity index (χ4n) is 3.28. The molecule has 0 bridgehead atoms. The van der Waals surface area contributed by atoms with Crippen LogP contribution in [0.25, 0.3) is 10.9 Å². The zero-order chi connectivity index (χ0) is 23.3. The van der Waals surface area contributed by atoms with Gasteiger partial charge in [-0.25, -0.2) is 9.78 Å². The molecular weight excluding hydrogens is 446 g/mol. The summed E-state index contributed by atoms with van der Waals surface area (Å²) in [5, 5.41) is 4.28. The van der Waals surface area contributed by atoms with Crippen LogP contribution >= 0.6 is 23.1 Å². The first kappa shape index (κ1) is 23.7. The maximum atomic E-state index is 12.8. The molecule has 0 saturated heterocycles. The first-order chi connectivity index (χ1) is 15.4. The molecule has 0 aliphatic rings. The molecule has 9 heteroatoms. The summed E-state index contributed by atoms with van der Waals surface area (Å²) in [5.41, 5.74) is 1.63. The number of ether oxygens (including phenoxy) is 1. The van der Waals surface area contributed by atoms with E-state index in [2.05, 4.69) is 16.9 Å². The van der Waals surface area contributed by atoms with Gasteiger partial charge in [0.05, 0.1) is 28.8 Å². The van der Waals surface area contributed by atoms with Crippen LogP contribution in [0.5, 0.6) is 0 Å². The molecule has 32 heavy (non-hydrogen) atoms. The number of thioether (sulfide) groups is 1. The van der Waals surface area contributed by atoms with Crippen molar-refractivity contribution < 1.29 is 14.3 Å². The molecule has 7 nitrogen and oxygen atoms in total. The van der Waals surface area contributed by atoms with Crippen LogP contribution in [0.1, 0.15) is 34.6 Å². The van der Waals surface area contributed by atoms with Gasteiger partial charge in [-0.05, 0) is 38.0 Å². The SMILES string of the molecule is C=CCn1c(SCC(=O)Nc2sc(CC)c(C)c2C(=O)OCC)nc2ccccc2c1=O. The number of carbonyl (C=O) groups is 2. The molecule has 3 aromatic rings. The van der Waals surface area contributed by atoms with Gasteiger partial charge in [-0.15, -0.1) is 17.9 Å². The minimum Gasteiger partial charge on any atom is -0.462 e. The van der Waals surface area contributed by atoms with E-state index in [0.29, 0.717) is 26.6 Å². The molecule has 0 radical (unpaired) electrons. The molecule has 3 rings (SSSR count). The zero-order valence-electron chi connectivity index (χ0n) is 18.3. The number of benzene rings is 1. The van der Waals surface area contributed by atoms with Crippen molar-refractivity contribution in [2.24, 2.45) is 0 Å². The van der Waals surface area contributed by atoms with Gasteiger partial charge in [0, 0.05) is 11.4 Å². The molecule has 1 amide bonds. The van der Waals surface area contributed by atoms with E-state index in [4.69, 9.17) is 4.74 Å². The Bertz CT molecular complexity index is 1230. The van der Waals surface area contributed by atoms with E-state index in [9.17, 15) is 14.4 Å². The number of anilines is 1. The number of aryl methyl sites for hydroxylation is 1. The minimum absolute atomic E-state index is 0.0304. The van der Waals surface area contributed by atoms with Crippen molar-refractivity contribution in [2.75, 3.05) is 17.7 Å². The van der Waals surface area contributed by atoms with Crippen LogP contribution in [0.2, 0.25) is 0 Å². The monoisotopic (exact) mass is 471 g/mol. The van der Waals surface area contributed by atoms with E-state index >= 15 is 0 Å². The molecule has 0 aliphatic carbocycles. The summed E-state index contributed by atoms with van der Waals surface area (Å²) in [7, 11) is 0. The molecule has 1 aromatic carbocycles. The summed E-state index contributed by atoms with van der Waals surface area (Å²) in [6, 6.07) is 7.10. The van der Waals surface area contributed by atoms with Crippen LogP contribution in [0.15, 0.2) is 46.9 Å². The van der Waals surface area contributed by atoms with Crippen molar-refractivity contribution in [3.05, 3.63) is 63.3 Å². The Morgan fingerprint density at radius 1 is 1.31 bits per heavy atom. The van der Waals surface area contributed by atoms with E-state index in [-0.39, 0.29) is 30.4 Å². The molecule has 0 fully saturated rings. The van der Waals surface area contributed by atoms with Crippen LogP contribution in [0, 0.1) is 6.92 Å². The number of hydrogen-bond donors (Lipinski definition) is 1. The Labute approximate surface area is 194 Å². The van der Waals surface area contributed by atoms with Crippen LogP contribution < -0.4 is 10.9 Å². The highest BCUT2D eigenvalue weighted by molar-refractivity contribution is 7.99. The fraction of sp³-hybridized carbons (Fsp3) is 0.304. The third-order valence-electron chi connectivity index (χ3n) is 4.77. The summed E-state index contributed by atoms with van der Waals surface area (Å²) < 4.78 is 6.67. The van der Waals surface area contributed by atoms with E-state index in [1.807, 2.05) is 19.9 Å². The average Bonchev–Trinajstić information content (AvgIpc) is 3.09. The van der Waals surface area contributed by atoms with Gasteiger partial charge in [0.1, 0.15) is 5.00 Å². The number of nitrogens with zero attached hydrogens (tertiary/aromatic N) is 2. The van der Waals surface area contributed by atoms with Crippen LogP contribution in [0.4, 0.5) is 5.00 Å². The van der Waals surface area contributed by atoms with E-state index < -0.39 is 5.97 Å². The summed E-state index contributed by atoms with van der Waals surface area (Å²) in [5.74, 6) is -0.709. The topological polar surface area (TPSA) is 90.3 Å². The molecule has 1 N–H and O–H groups in total. The van der Waals surface area contributed by atoms with Crippen molar-refractivity contribution >= 4 is 50.9 Å². The van der Waals surface area contributed by atoms with Crippen LogP contribution in [0.3, 0.4) is 0 Å². The van der Waals surface area contributed by atoms with Crippen molar-refractivity contribution in [1.29, 1.82) is 0 Å². The van der Waals surface area contributed by atoms with Crippen molar-refractivity contribution in [3.8, 4) is 0 Å². The molecule has 0 spiro atoms. The lowest BCUT2D eigenvalue weighted by molar-refractivity contribution is -0.113. The van der Waals surface area contributed by atoms with Gasteiger partial charge < -0.3 is 10.1 Å². The number of fused-ring (bicyclic) bond motifs is 1. The second kappa shape index (κ2) is 10.6. The van der Waals surface area contributed by atoms with Crippen LogP contribution in [-0.4, -0.2) is 33.8 Å². The average molecular weight is 472 g/mol. The number of rotatable bonds is 9. The maximum absolute atomic E-state index is 12.8. The van der Waals surface area contributed by atoms with Gasteiger partial charge in [-0.2, -0.15) is 0 Å². The summed E-state index contributed by atoms with van der Waals surface area (Å²) >= 11 is 2.54. The highest BCUT2D eigenvalue weighted by atomic mass is 32.2. The second-order valence-electron chi connectivity index (χ2n) is 6.88. The molecule has 168 valence electrons. The number of carbonyl (C=O) groups excluding carboxylic acids is 2. The minimum atomic E-state index is -0.445. The van der Waals surface area contributed by atoms with Crippen LogP contribution in [-0.2, 0) is 22.5 Å². The first-order valence-electron chi connectivity index (χ1n) is 10.2. The summed E-state index contributed by atoms with van der Waals surface area (Å²) in [6.07, 6.45) is 2.37. The molecule has 0 atom stereocenters. The lowest BCUT2D eigenvalue weighted by atomic mass is 10.1. The lowest BCUT2D eigenvalue weighted by Crippen LogP contribution is -2.24. The molecule has 2 heterocycles. The molecular formula is C23H25N3O4S2. The highest BCUT2D eigenvalue weighted by Crippen LogP contribution is 2.34. The van der Waals surface area contributed by atoms with E-state index in [0.717, 1.165) is 16.9 Å². The number of nitrogens with one attached hydrogen (secondary N) is 1. The smallest absolute Gasteiger partial charge is 0.341 e. The Morgan fingerprint density at radius 3 is 2.75 bits per heavy atom. The fourth-order valence-corrected chi connectivity index (χ4v) is 5.23. The highest BCUT2D eigenvalue weighted by Gasteiger charge is 2.23. The molecule has 0 unspecified atom stereocenters. The quantitative estimate of drug-likeness (QED) is 0.215. The number of hydrogen-bond acceptors (Lipinski definition) is 7. The third-order valence-corrected chi connectivity index (χ3v) is 7.10. The van der Waals surface area contributed by atoms with Gasteiger partial charge in [0.2, 0.25) is 5.91 Å². The van der Waals surface area contributed by atoms with Crippen molar-refractivity contribution in [1.82, 2.24) is 9.55 Å². The number of thiophene rings is 1. The first-order valence-corrected chi connectivity index (χ1v) is 12.0. The third kappa shape index (κ3) is 4.94. The predicted molar refractivity (Wildman–Crippen MR) is 130 cm³/mol. The Balaban J connectivity index is 1.83. The second-order valence-corrected chi connectivity index (χ2v) is 8.93. The van der Waals surface area contributed by atoms with Gasteiger partial charge in [-0.1, -0.05) is 36.9 Å². The Morgan fingerprint density at radius 2 is 2.06 bits per heavy atom. The standard InChI is InChI=1S/C23H25N3O4S2/c1-5-12-26-21(28)15-10-8-9-11-16(15)24-23(26)31-13-18(27)25-20-19(22(29)30-7-3)14(4)17(6-2)32-20/h5,8-11H,1,6-7,12-13H2,2-4H3,(H,25,27). The molecule has 2 aromatic heterocycles. The van der Waals surface area contributed by atoms with Gasteiger partial charge in [-0.3, -0.25) is 14.2 Å². The normalized spacial score (nSPS) is 10.8. The summed E-state index contributed by atoms with van der Waals surface area (Å²) in [6.45, 7) is 9.86. The lowest BCUT2D eigenvalue weighted by Gasteiger charge is -2.11. The Hall–Kier alpha value is -2.91. The van der Waals surface area contributed by atoms with E-state index in [1.165, 1.54) is 27.7 Å². The maximum Gasteiger partial charge on any atom is 0.341 e. The predicted octanol–water partition coefficient (Wildman–Crippen LogP) is 4.42. The molecule has 0 aliphatic heterocycles. The number of allylic oxidation sites excluding steroid dienone is 1. The van der Waals surface area contributed by atoms with Crippen molar-refractivity contribution in [3.63, 3.8) is 0 Å². The van der Waals surface area contributed by atoms with E-state index in [1.54, 1.807) is 31.2 Å². The largest absolute Gasteiger partial charge is 0.462 e. The van der Waals surface area contributed by atoms with Gasteiger partial charge in [0.25, 0.3) is 5.56 Å². The number of para-hydroxylation sites is 1. The zero-order valence-corrected chi connectivity index (χ0v) is 19.9.